The fourth-order valence-electron chi connectivity index (χ4n) is 1.26. The van der Waals surface area contributed by atoms with Crippen molar-refractivity contribution in [3.63, 3.8) is 0 Å². The maximum atomic E-state index is 12.9. The van der Waals surface area contributed by atoms with Crippen LogP contribution in [0.5, 0.6) is 0 Å². The number of rotatable bonds is 2. The van der Waals surface area contributed by atoms with Gasteiger partial charge in [-0.3, -0.25) is 0 Å². The fraction of sp³-hybridized carbons (Fsp3) is 0. The standard InChI is InChI=1S/C11H8Cl2FN3/c12-7-5-6(14)1-3-9(7)16-11-8(15)2-4-10(13)17-11/h1-5H,15H2,(H,16,17). The Balaban J connectivity index is 2.34. The highest BCUT2D eigenvalue weighted by atomic mass is 35.5. The monoisotopic (exact) mass is 271 g/mol. The molecule has 2 aromatic rings. The molecule has 88 valence electrons. The summed E-state index contributed by atoms with van der Waals surface area (Å²) in [5.41, 5.74) is 6.65. The second-order valence-electron chi connectivity index (χ2n) is 3.32. The van der Waals surface area contributed by atoms with E-state index in [9.17, 15) is 4.39 Å². The predicted molar refractivity (Wildman–Crippen MR) is 68.4 cm³/mol. The van der Waals surface area contributed by atoms with E-state index in [-0.39, 0.29) is 5.02 Å². The number of nitrogens with zero attached hydrogens (tertiary/aromatic N) is 1. The zero-order valence-corrected chi connectivity index (χ0v) is 10.1. The van der Waals surface area contributed by atoms with Crippen LogP contribution in [-0.4, -0.2) is 4.98 Å². The maximum absolute atomic E-state index is 12.9. The normalized spacial score (nSPS) is 10.3. The van der Waals surface area contributed by atoms with Gasteiger partial charge in [0, 0.05) is 0 Å². The van der Waals surface area contributed by atoms with Crippen LogP contribution in [0.4, 0.5) is 21.6 Å². The number of nitrogens with two attached hydrogens (primary N) is 1. The number of hydrogen-bond donors (Lipinski definition) is 2. The van der Waals surface area contributed by atoms with Gasteiger partial charge in [0.05, 0.1) is 16.4 Å². The first-order valence-electron chi connectivity index (χ1n) is 4.70. The van der Waals surface area contributed by atoms with Crippen molar-refractivity contribution in [2.24, 2.45) is 0 Å². The van der Waals surface area contributed by atoms with Gasteiger partial charge in [-0.25, -0.2) is 9.37 Å². The average Bonchev–Trinajstić information content (AvgIpc) is 2.27. The van der Waals surface area contributed by atoms with Crippen LogP contribution >= 0.6 is 23.2 Å². The molecule has 0 fully saturated rings. The highest BCUT2D eigenvalue weighted by molar-refractivity contribution is 6.33. The van der Waals surface area contributed by atoms with Crippen molar-refractivity contribution in [2.75, 3.05) is 11.1 Å². The molecular weight excluding hydrogens is 264 g/mol. The lowest BCUT2D eigenvalue weighted by atomic mass is 10.3. The van der Waals surface area contributed by atoms with E-state index in [0.717, 1.165) is 0 Å². The second-order valence-corrected chi connectivity index (χ2v) is 4.12. The lowest BCUT2D eigenvalue weighted by Gasteiger charge is -2.09. The van der Waals surface area contributed by atoms with Crippen LogP contribution in [-0.2, 0) is 0 Å². The molecule has 3 nitrogen and oxygen atoms in total. The number of pyridine rings is 1. The first-order valence-corrected chi connectivity index (χ1v) is 5.46. The van der Waals surface area contributed by atoms with E-state index in [2.05, 4.69) is 10.3 Å². The molecule has 0 saturated carbocycles. The van der Waals surface area contributed by atoms with E-state index in [1.54, 1.807) is 12.1 Å². The van der Waals surface area contributed by atoms with Gasteiger partial charge in [0.2, 0.25) is 0 Å². The Morgan fingerprint density at radius 3 is 2.65 bits per heavy atom. The van der Waals surface area contributed by atoms with E-state index in [1.165, 1.54) is 18.2 Å². The summed E-state index contributed by atoms with van der Waals surface area (Å²) in [5, 5.41) is 3.44. The van der Waals surface area contributed by atoms with E-state index in [4.69, 9.17) is 28.9 Å². The Morgan fingerprint density at radius 2 is 1.94 bits per heavy atom. The second kappa shape index (κ2) is 4.77. The summed E-state index contributed by atoms with van der Waals surface area (Å²) in [4.78, 5) is 4.01. The summed E-state index contributed by atoms with van der Waals surface area (Å²) in [6, 6.07) is 7.18. The first-order chi connectivity index (χ1) is 8.06. The number of halogens is 3. The van der Waals surface area contributed by atoms with Gasteiger partial charge in [-0.1, -0.05) is 23.2 Å². The summed E-state index contributed by atoms with van der Waals surface area (Å²) in [6.07, 6.45) is 0. The van der Waals surface area contributed by atoms with Crippen LogP contribution in [0.1, 0.15) is 0 Å². The Morgan fingerprint density at radius 1 is 1.18 bits per heavy atom. The van der Waals surface area contributed by atoms with Crippen LogP contribution in [0.2, 0.25) is 10.2 Å². The van der Waals surface area contributed by atoms with Crippen molar-refractivity contribution in [1.82, 2.24) is 4.98 Å². The Hall–Kier alpha value is -1.52. The van der Waals surface area contributed by atoms with Crippen molar-refractivity contribution < 1.29 is 4.39 Å². The zero-order chi connectivity index (χ0) is 12.4. The lowest BCUT2D eigenvalue weighted by Crippen LogP contribution is -1.99. The Bertz CT molecular complexity index is 560. The summed E-state index contributed by atoms with van der Waals surface area (Å²) in [6.45, 7) is 0. The molecule has 0 spiro atoms. The van der Waals surface area contributed by atoms with Crippen molar-refractivity contribution in [1.29, 1.82) is 0 Å². The number of nitrogens with one attached hydrogen (secondary N) is 1. The molecule has 0 bridgehead atoms. The summed E-state index contributed by atoms with van der Waals surface area (Å²) in [5.74, 6) is -0.0291. The van der Waals surface area contributed by atoms with E-state index in [0.29, 0.717) is 22.3 Å². The van der Waals surface area contributed by atoms with E-state index < -0.39 is 5.82 Å². The van der Waals surface area contributed by atoms with Crippen molar-refractivity contribution in [3.8, 4) is 0 Å². The zero-order valence-electron chi connectivity index (χ0n) is 8.55. The van der Waals surface area contributed by atoms with Crippen molar-refractivity contribution in [3.05, 3.63) is 46.3 Å². The van der Waals surface area contributed by atoms with Gasteiger partial charge in [-0.15, -0.1) is 0 Å². The number of anilines is 3. The number of nitrogen functional groups attached to an aromatic ring is 1. The minimum atomic E-state index is -0.410. The molecule has 0 aliphatic carbocycles. The molecule has 1 heterocycles. The van der Waals surface area contributed by atoms with Crippen LogP contribution in [0.3, 0.4) is 0 Å². The van der Waals surface area contributed by atoms with E-state index >= 15 is 0 Å². The molecule has 0 atom stereocenters. The molecular formula is C11H8Cl2FN3. The highest BCUT2D eigenvalue weighted by Crippen LogP contribution is 2.28. The van der Waals surface area contributed by atoms with Crippen molar-refractivity contribution in [2.45, 2.75) is 0 Å². The molecule has 1 aromatic heterocycles. The molecule has 3 N–H and O–H groups in total. The molecule has 1 aromatic carbocycles. The largest absolute Gasteiger partial charge is 0.396 e. The van der Waals surface area contributed by atoms with Crippen LogP contribution in [0, 0.1) is 5.82 Å². The number of hydrogen-bond acceptors (Lipinski definition) is 3. The fourth-order valence-corrected chi connectivity index (χ4v) is 1.63. The minimum Gasteiger partial charge on any atom is -0.396 e. The van der Waals surface area contributed by atoms with Crippen LogP contribution in [0.15, 0.2) is 30.3 Å². The third-order valence-electron chi connectivity index (χ3n) is 2.08. The summed E-state index contributed by atoms with van der Waals surface area (Å²) >= 11 is 11.6. The Labute approximate surface area is 107 Å². The van der Waals surface area contributed by atoms with Crippen molar-refractivity contribution >= 4 is 40.4 Å². The van der Waals surface area contributed by atoms with Gasteiger partial charge in [0.15, 0.2) is 5.82 Å². The highest BCUT2D eigenvalue weighted by Gasteiger charge is 2.06. The summed E-state index contributed by atoms with van der Waals surface area (Å²) < 4.78 is 12.9. The third kappa shape index (κ3) is 2.78. The lowest BCUT2D eigenvalue weighted by molar-refractivity contribution is 0.628. The number of benzene rings is 1. The smallest absolute Gasteiger partial charge is 0.155 e. The van der Waals surface area contributed by atoms with Crippen LogP contribution in [0.25, 0.3) is 0 Å². The predicted octanol–water partition coefficient (Wildman–Crippen LogP) is 3.85. The van der Waals surface area contributed by atoms with Gasteiger partial charge < -0.3 is 11.1 Å². The molecule has 0 amide bonds. The van der Waals surface area contributed by atoms with Gasteiger partial charge >= 0.3 is 0 Å². The molecule has 0 saturated heterocycles. The Kier molecular flexibility index (Phi) is 3.36. The maximum Gasteiger partial charge on any atom is 0.155 e. The van der Waals surface area contributed by atoms with Gasteiger partial charge in [0.1, 0.15) is 11.0 Å². The van der Waals surface area contributed by atoms with Gasteiger partial charge in [0.25, 0.3) is 0 Å². The SMILES string of the molecule is Nc1ccc(Cl)nc1Nc1ccc(F)cc1Cl. The summed E-state index contributed by atoms with van der Waals surface area (Å²) in [7, 11) is 0. The quantitative estimate of drug-likeness (QED) is 0.816. The minimum absolute atomic E-state index is 0.242. The van der Waals surface area contributed by atoms with Crippen LogP contribution < -0.4 is 11.1 Å². The molecule has 0 unspecified atom stereocenters. The number of aromatic nitrogens is 1. The molecule has 2 rings (SSSR count). The van der Waals surface area contributed by atoms with Gasteiger partial charge in [-0.2, -0.15) is 0 Å². The molecule has 17 heavy (non-hydrogen) atoms. The molecule has 6 heteroatoms. The molecule has 0 aliphatic rings. The van der Waals surface area contributed by atoms with E-state index in [1.807, 2.05) is 0 Å². The molecule has 0 radical (unpaired) electrons. The van der Waals surface area contributed by atoms with Gasteiger partial charge in [-0.05, 0) is 30.3 Å². The average molecular weight is 272 g/mol. The molecule has 0 aliphatic heterocycles. The first kappa shape index (κ1) is 12.0. The third-order valence-corrected chi connectivity index (χ3v) is 2.60. The topological polar surface area (TPSA) is 50.9 Å².